The van der Waals surface area contributed by atoms with E-state index in [0.717, 1.165) is 44.9 Å². The van der Waals surface area contributed by atoms with Crippen LogP contribution in [-0.2, 0) is 18.0 Å². The minimum Gasteiger partial charge on any atom is -0.445 e. The van der Waals surface area contributed by atoms with Crippen LogP contribution in [0.1, 0.15) is 11.3 Å². The first-order valence-electron chi connectivity index (χ1n) is 12.4. The Morgan fingerprint density at radius 2 is 1.52 bits per heavy atom. The summed E-state index contributed by atoms with van der Waals surface area (Å²) in [6.07, 6.45) is 1.93. The van der Waals surface area contributed by atoms with Crippen LogP contribution in [0.4, 0.5) is 13.2 Å². The van der Waals surface area contributed by atoms with Gasteiger partial charge in [0.2, 0.25) is 5.89 Å². The van der Waals surface area contributed by atoms with Crippen molar-refractivity contribution in [2.24, 2.45) is 12.1 Å². The molecule has 2 aromatic carbocycles. The summed E-state index contributed by atoms with van der Waals surface area (Å²) in [4.78, 5) is 15.4. The van der Waals surface area contributed by atoms with Crippen LogP contribution in [0.15, 0.2) is 95.0 Å². The van der Waals surface area contributed by atoms with Crippen LogP contribution in [0.5, 0.6) is 0 Å². The molecule has 0 atom stereocenters. The van der Waals surface area contributed by atoms with Crippen LogP contribution < -0.4 is 5.49 Å². The first-order valence-corrected chi connectivity index (χ1v) is 12.7. The lowest BCUT2D eigenvalue weighted by atomic mass is 9.96. The Balaban J connectivity index is 0.000000313. The van der Waals surface area contributed by atoms with Crippen molar-refractivity contribution in [1.29, 1.82) is 0 Å². The average Bonchev–Trinajstić information content (AvgIpc) is 3.51. The Morgan fingerprint density at radius 3 is 2.05 bits per heavy atom. The molecule has 8 nitrogen and oxygen atoms in total. The molecule has 0 radical (unpaired) electrons. The lowest BCUT2D eigenvalue weighted by molar-refractivity contribution is -0.141. The van der Waals surface area contributed by atoms with Crippen molar-refractivity contribution in [3.63, 3.8) is 0 Å². The van der Waals surface area contributed by atoms with E-state index in [1.54, 1.807) is 29.1 Å². The van der Waals surface area contributed by atoms with Gasteiger partial charge in [-0.2, -0.15) is 23.4 Å². The van der Waals surface area contributed by atoms with Gasteiger partial charge < -0.3 is 14.2 Å². The van der Waals surface area contributed by atoms with Crippen LogP contribution in [0, 0.1) is 6.92 Å². The van der Waals surface area contributed by atoms with Gasteiger partial charge in [-0.05, 0) is 53.9 Å². The Bertz CT molecular complexity index is 1630. The molecule has 0 saturated carbocycles. The molecular formula is C30H28ClF3N6O2. The van der Waals surface area contributed by atoms with Crippen molar-refractivity contribution in [2.45, 2.75) is 13.1 Å². The van der Waals surface area contributed by atoms with Gasteiger partial charge in [-0.15, -0.1) is 0 Å². The molecule has 0 amide bonds. The third-order valence-electron chi connectivity index (χ3n) is 5.66. The minimum atomic E-state index is -4.33. The highest BCUT2D eigenvalue weighted by atomic mass is 35.5. The maximum absolute atomic E-state index is 11.9. The molecule has 12 heteroatoms. The molecule has 5 rings (SSSR count). The number of pyridine rings is 1. The fourth-order valence-corrected chi connectivity index (χ4v) is 3.89. The number of aromatic nitrogens is 4. The van der Waals surface area contributed by atoms with Crippen molar-refractivity contribution in [1.82, 2.24) is 24.8 Å². The minimum absolute atomic E-state index is 0.591. The number of hydrogen-bond donors (Lipinski definition) is 0. The maximum atomic E-state index is 11.9. The lowest BCUT2D eigenvalue weighted by Gasteiger charge is -2.15. The van der Waals surface area contributed by atoms with Crippen LogP contribution >= 0.6 is 11.6 Å². The second-order valence-corrected chi connectivity index (χ2v) is 9.40. The van der Waals surface area contributed by atoms with Gasteiger partial charge in [0.05, 0.1) is 12.4 Å². The second-order valence-electron chi connectivity index (χ2n) is 8.97. The first kappa shape index (κ1) is 31.8. The summed E-state index contributed by atoms with van der Waals surface area (Å²) in [5.74, 6) is 0.591. The summed E-state index contributed by atoms with van der Waals surface area (Å²) in [6, 6.07) is 18.2. The molecule has 0 aliphatic heterocycles. The fourth-order valence-electron chi connectivity index (χ4n) is 3.76. The molecule has 3 heterocycles. The highest BCUT2D eigenvalue weighted by Crippen LogP contribution is 2.31. The van der Waals surface area contributed by atoms with Crippen molar-refractivity contribution in [3.05, 3.63) is 107 Å². The summed E-state index contributed by atoms with van der Waals surface area (Å²) in [7, 11) is 5.67. The lowest BCUT2D eigenvalue weighted by Crippen LogP contribution is -2.26. The number of alkyl halides is 3. The summed E-state index contributed by atoms with van der Waals surface area (Å²) in [6.45, 7) is 3.69. The van der Waals surface area contributed by atoms with Crippen LogP contribution in [0.3, 0.4) is 0 Å². The number of hydrogen-bond acceptors (Lipinski definition) is 7. The molecule has 0 spiro atoms. The smallest absolute Gasteiger partial charge is 0.433 e. The van der Waals surface area contributed by atoms with E-state index >= 15 is 0 Å². The SMILES string of the molecule is C=O.CN(C)/N=c1/c(-c2ccc(-c3ncco3)cc2)c(-c2ccc(Cl)cc2)cnn1C.Cc1ccc(C(F)(F)F)nc1. The molecular weight excluding hydrogens is 569 g/mol. The topological polar surface area (TPSA) is 89.4 Å². The number of aryl methyl sites for hydroxylation is 2. The van der Waals surface area contributed by atoms with E-state index in [1.807, 2.05) is 82.7 Å². The van der Waals surface area contributed by atoms with Gasteiger partial charge in [0, 0.05) is 49.1 Å². The van der Waals surface area contributed by atoms with Gasteiger partial charge in [-0.3, -0.25) is 4.98 Å². The van der Waals surface area contributed by atoms with Gasteiger partial charge in [-0.25, -0.2) is 9.67 Å². The third kappa shape index (κ3) is 8.14. The number of rotatable bonds is 4. The predicted molar refractivity (Wildman–Crippen MR) is 155 cm³/mol. The van der Waals surface area contributed by atoms with E-state index in [2.05, 4.69) is 20.2 Å². The number of carbonyl (C=O) groups excluding carboxylic acids is 1. The number of nitrogens with zero attached hydrogens (tertiary/aromatic N) is 6. The number of benzene rings is 2. The Kier molecular flexibility index (Phi) is 10.8. The Morgan fingerprint density at radius 1 is 0.905 bits per heavy atom. The Hall–Kier alpha value is -4.77. The average molecular weight is 597 g/mol. The number of oxazole rings is 1. The van der Waals surface area contributed by atoms with Crippen molar-refractivity contribution in [3.8, 4) is 33.7 Å². The van der Waals surface area contributed by atoms with E-state index in [-0.39, 0.29) is 0 Å². The normalized spacial score (nSPS) is 11.2. The third-order valence-corrected chi connectivity index (χ3v) is 5.92. The molecule has 0 aliphatic rings. The molecule has 0 fully saturated rings. The monoisotopic (exact) mass is 596 g/mol. The Labute approximate surface area is 245 Å². The summed E-state index contributed by atoms with van der Waals surface area (Å²) < 4.78 is 42.7. The van der Waals surface area contributed by atoms with Gasteiger partial charge in [0.15, 0.2) is 5.49 Å². The molecule has 3 aromatic heterocycles. The highest BCUT2D eigenvalue weighted by molar-refractivity contribution is 6.30. The van der Waals surface area contributed by atoms with E-state index in [0.29, 0.717) is 10.9 Å². The standard InChI is InChI=1S/C22H20ClN5O.C7H6F3N.CH2O/c1-27(2)26-21-20(16-4-6-17(7-5-16)22-24-12-13-29-22)19(14-25-28(21)3)15-8-10-18(23)11-9-15;1-5-2-3-6(11-4-5)7(8,9)10;1-2/h4-14H,1-3H3;2-4H,1H3;1H2/b26-21-;;. The van der Waals surface area contributed by atoms with Gasteiger partial charge in [0.1, 0.15) is 18.7 Å². The number of halogens is 4. The molecule has 0 aliphatic carbocycles. The summed E-state index contributed by atoms with van der Waals surface area (Å²) in [5, 5.41) is 11.7. The molecule has 0 N–H and O–H groups in total. The molecule has 0 saturated heterocycles. The van der Waals surface area contributed by atoms with E-state index < -0.39 is 11.9 Å². The van der Waals surface area contributed by atoms with Crippen molar-refractivity contribution in [2.75, 3.05) is 14.1 Å². The van der Waals surface area contributed by atoms with E-state index in [4.69, 9.17) is 20.8 Å². The highest BCUT2D eigenvalue weighted by Gasteiger charge is 2.31. The zero-order chi connectivity index (χ0) is 30.9. The first-order chi connectivity index (χ1) is 20.0. The van der Waals surface area contributed by atoms with Crippen LogP contribution in [-0.4, -0.2) is 45.6 Å². The quantitative estimate of drug-likeness (QED) is 0.215. The maximum Gasteiger partial charge on any atom is 0.433 e. The molecule has 218 valence electrons. The van der Waals surface area contributed by atoms with E-state index in [1.165, 1.54) is 12.3 Å². The van der Waals surface area contributed by atoms with E-state index in [9.17, 15) is 13.2 Å². The van der Waals surface area contributed by atoms with Crippen molar-refractivity contribution >= 4 is 18.4 Å². The van der Waals surface area contributed by atoms with Gasteiger partial charge in [0.25, 0.3) is 0 Å². The molecule has 0 bridgehead atoms. The van der Waals surface area contributed by atoms with Crippen molar-refractivity contribution < 1.29 is 22.4 Å². The van der Waals surface area contributed by atoms with Crippen LogP contribution in [0.25, 0.3) is 33.7 Å². The molecule has 5 aromatic rings. The largest absolute Gasteiger partial charge is 0.445 e. The molecule has 42 heavy (non-hydrogen) atoms. The molecule has 0 unspecified atom stereocenters. The summed E-state index contributed by atoms with van der Waals surface area (Å²) >= 11 is 6.09. The second kappa shape index (κ2) is 14.2. The predicted octanol–water partition coefficient (Wildman–Crippen LogP) is 6.66. The summed E-state index contributed by atoms with van der Waals surface area (Å²) in [5.41, 5.74) is 5.54. The number of carbonyl (C=O) groups is 1. The van der Waals surface area contributed by atoms with Crippen LogP contribution in [0.2, 0.25) is 5.02 Å². The zero-order valence-electron chi connectivity index (χ0n) is 23.3. The fraction of sp³-hybridized carbons (Fsp3) is 0.167. The zero-order valence-corrected chi connectivity index (χ0v) is 24.1. The van der Waals surface area contributed by atoms with Gasteiger partial charge in [-0.1, -0.05) is 41.9 Å². The van der Waals surface area contributed by atoms with Gasteiger partial charge >= 0.3 is 6.18 Å².